The number of nitrogens with zero attached hydrogens (tertiary/aromatic N) is 1. The van der Waals surface area contributed by atoms with Gasteiger partial charge in [0.25, 0.3) is 0 Å². The van der Waals surface area contributed by atoms with Gasteiger partial charge in [-0.15, -0.1) is 11.6 Å². The van der Waals surface area contributed by atoms with Crippen LogP contribution < -0.4 is 0 Å². The topological polar surface area (TPSA) is 37.4 Å². The molecule has 0 amide bonds. The third-order valence-corrected chi connectivity index (χ3v) is 5.19. The van der Waals surface area contributed by atoms with Crippen molar-refractivity contribution in [3.05, 3.63) is 27.7 Å². The van der Waals surface area contributed by atoms with Crippen LogP contribution in [0.4, 0.5) is 13.2 Å². The molecule has 114 valence electrons. The third-order valence-electron chi connectivity index (χ3n) is 2.20. The number of halogens is 6. The van der Waals surface area contributed by atoms with Gasteiger partial charge in [0.15, 0.2) is 0 Å². The number of alkyl halides is 4. The fraction of sp³-hybridized carbons (Fsp3) is 0.400. The summed E-state index contributed by atoms with van der Waals surface area (Å²) in [6.45, 7) is -2.08. The van der Waals surface area contributed by atoms with Gasteiger partial charge in [0.2, 0.25) is 10.0 Å². The van der Waals surface area contributed by atoms with Crippen LogP contribution in [0.2, 0.25) is 5.02 Å². The van der Waals surface area contributed by atoms with Crippen molar-refractivity contribution < 1.29 is 21.6 Å². The van der Waals surface area contributed by atoms with Gasteiger partial charge in [0, 0.05) is 16.9 Å². The smallest absolute Gasteiger partial charge is 0.207 e. The van der Waals surface area contributed by atoms with Crippen LogP contribution in [0.25, 0.3) is 0 Å². The Morgan fingerprint density at radius 1 is 1.30 bits per heavy atom. The zero-order valence-electron chi connectivity index (χ0n) is 9.79. The van der Waals surface area contributed by atoms with Crippen molar-refractivity contribution in [3.8, 4) is 0 Å². The van der Waals surface area contributed by atoms with E-state index in [4.69, 9.17) is 23.2 Å². The van der Waals surface area contributed by atoms with Crippen LogP contribution in [0.1, 0.15) is 0 Å². The summed E-state index contributed by atoms with van der Waals surface area (Å²) >= 11 is 14.2. The van der Waals surface area contributed by atoms with E-state index >= 15 is 0 Å². The second kappa shape index (κ2) is 6.83. The molecule has 0 bridgehead atoms. The Hall–Kier alpha value is -0.0200. The minimum absolute atomic E-state index is 0.166. The molecule has 0 aliphatic heterocycles. The molecule has 0 heterocycles. The Labute approximate surface area is 132 Å². The Bertz CT molecular complexity index is 580. The molecule has 0 saturated heterocycles. The van der Waals surface area contributed by atoms with E-state index in [1.807, 2.05) is 0 Å². The zero-order chi connectivity index (χ0) is 15.6. The van der Waals surface area contributed by atoms with Crippen LogP contribution in [0.5, 0.6) is 0 Å². The van der Waals surface area contributed by atoms with E-state index in [0.717, 1.165) is 6.07 Å². The van der Waals surface area contributed by atoms with Crippen molar-refractivity contribution in [2.24, 2.45) is 0 Å². The van der Waals surface area contributed by atoms with Gasteiger partial charge in [-0.2, -0.15) is 17.5 Å². The molecular weight excluding hydrogens is 406 g/mol. The lowest BCUT2D eigenvalue weighted by Gasteiger charge is -2.23. The molecule has 0 aliphatic rings. The van der Waals surface area contributed by atoms with Crippen LogP contribution in [-0.2, 0) is 10.0 Å². The Morgan fingerprint density at radius 2 is 1.90 bits per heavy atom. The molecule has 0 aromatic heterocycles. The molecule has 0 fully saturated rings. The first-order valence-electron chi connectivity index (χ1n) is 5.16. The van der Waals surface area contributed by atoms with Gasteiger partial charge in [-0.25, -0.2) is 8.42 Å². The number of sulfonamides is 1. The highest BCUT2D eigenvalue weighted by atomic mass is 79.9. The summed E-state index contributed by atoms with van der Waals surface area (Å²) in [7, 11) is -4.37. The minimum Gasteiger partial charge on any atom is -0.207 e. The van der Waals surface area contributed by atoms with Crippen LogP contribution in [0, 0.1) is 0 Å². The average molecular weight is 415 g/mol. The summed E-state index contributed by atoms with van der Waals surface area (Å²) in [5.74, 6) is -0.260. The first kappa shape index (κ1) is 18.0. The number of hydrogen-bond donors (Lipinski definition) is 0. The third kappa shape index (κ3) is 4.77. The Kier molecular flexibility index (Phi) is 6.15. The molecule has 0 saturated carbocycles. The van der Waals surface area contributed by atoms with Crippen LogP contribution in [-0.4, -0.2) is 37.9 Å². The molecule has 0 spiro atoms. The van der Waals surface area contributed by atoms with E-state index < -0.39 is 34.2 Å². The fourth-order valence-corrected chi connectivity index (χ4v) is 4.14. The molecule has 1 rings (SSSR count). The molecule has 1 aromatic carbocycles. The predicted octanol–water partition coefficient (Wildman–Crippen LogP) is 3.89. The molecular formula is C10H9BrCl2F3NO2S. The van der Waals surface area contributed by atoms with Gasteiger partial charge in [-0.05, 0) is 18.2 Å². The van der Waals surface area contributed by atoms with E-state index in [2.05, 4.69) is 15.9 Å². The minimum atomic E-state index is -4.67. The summed E-state index contributed by atoms with van der Waals surface area (Å²) in [6.07, 6.45) is -4.67. The molecule has 3 nitrogen and oxygen atoms in total. The lowest BCUT2D eigenvalue weighted by Crippen LogP contribution is -2.40. The highest BCUT2D eigenvalue weighted by Crippen LogP contribution is 2.29. The van der Waals surface area contributed by atoms with Crippen molar-refractivity contribution >= 4 is 49.2 Å². The Morgan fingerprint density at radius 3 is 2.35 bits per heavy atom. The molecule has 0 N–H and O–H groups in total. The van der Waals surface area contributed by atoms with Gasteiger partial charge in [0.1, 0.15) is 11.4 Å². The molecule has 0 atom stereocenters. The summed E-state index contributed by atoms with van der Waals surface area (Å²) in [4.78, 5) is -0.392. The van der Waals surface area contributed by atoms with E-state index in [1.54, 1.807) is 0 Å². The zero-order valence-corrected chi connectivity index (χ0v) is 13.7. The van der Waals surface area contributed by atoms with Crippen LogP contribution in [0.15, 0.2) is 27.6 Å². The van der Waals surface area contributed by atoms with Crippen molar-refractivity contribution in [2.45, 2.75) is 11.1 Å². The van der Waals surface area contributed by atoms with Crippen LogP contribution >= 0.6 is 39.1 Å². The molecule has 1 aromatic rings. The maximum atomic E-state index is 12.5. The van der Waals surface area contributed by atoms with Crippen molar-refractivity contribution in [3.63, 3.8) is 0 Å². The molecule has 0 radical (unpaired) electrons. The Balaban J connectivity index is 3.22. The molecule has 0 unspecified atom stereocenters. The quantitative estimate of drug-likeness (QED) is 0.685. The van der Waals surface area contributed by atoms with E-state index in [-0.39, 0.29) is 15.2 Å². The largest absolute Gasteiger partial charge is 0.402 e. The van der Waals surface area contributed by atoms with Crippen molar-refractivity contribution in [1.29, 1.82) is 0 Å². The SMILES string of the molecule is O=S(=O)(c1ccc(Br)cc1Cl)N(CCCl)CC(F)(F)F. The number of hydrogen-bond acceptors (Lipinski definition) is 2. The highest BCUT2D eigenvalue weighted by Gasteiger charge is 2.37. The van der Waals surface area contributed by atoms with E-state index in [1.165, 1.54) is 12.1 Å². The summed E-state index contributed by atoms with van der Waals surface area (Å²) < 4.78 is 62.5. The maximum absolute atomic E-state index is 12.5. The average Bonchev–Trinajstić information content (AvgIpc) is 2.26. The molecule has 10 heteroatoms. The van der Waals surface area contributed by atoms with Gasteiger partial charge in [0.05, 0.1) is 5.02 Å². The summed E-state index contributed by atoms with van der Waals surface area (Å²) in [5.41, 5.74) is 0. The second-order valence-corrected chi connectivity index (χ2v) is 7.32. The van der Waals surface area contributed by atoms with Gasteiger partial charge in [-0.1, -0.05) is 27.5 Å². The lowest BCUT2D eigenvalue weighted by molar-refractivity contribution is -0.135. The van der Waals surface area contributed by atoms with Gasteiger partial charge >= 0.3 is 6.18 Å². The fourth-order valence-electron chi connectivity index (χ4n) is 1.40. The van der Waals surface area contributed by atoms with E-state index in [9.17, 15) is 21.6 Å². The first-order chi connectivity index (χ1) is 9.08. The van der Waals surface area contributed by atoms with Crippen LogP contribution in [0.3, 0.4) is 0 Å². The normalized spacial score (nSPS) is 12.9. The monoisotopic (exact) mass is 413 g/mol. The van der Waals surface area contributed by atoms with Crippen molar-refractivity contribution in [2.75, 3.05) is 19.0 Å². The second-order valence-electron chi connectivity index (χ2n) is 3.72. The lowest BCUT2D eigenvalue weighted by atomic mass is 10.4. The standard InChI is InChI=1S/C10H9BrCl2F3NO2S/c11-7-1-2-9(8(13)5-7)20(18,19)17(4-3-12)6-10(14,15)16/h1-2,5H,3-4,6H2. The van der Waals surface area contributed by atoms with Gasteiger partial charge in [-0.3, -0.25) is 0 Å². The predicted molar refractivity (Wildman–Crippen MR) is 74.7 cm³/mol. The summed E-state index contributed by atoms with van der Waals surface area (Å²) in [5, 5.41) is -0.166. The first-order valence-corrected chi connectivity index (χ1v) is 8.30. The maximum Gasteiger partial charge on any atom is 0.402 e. The molecule has 20 heavy (non-hydrogen) atoms. The van der Waals surface area contributed by atoms with Gasteiger partial charge < -0.3 is 0 Å². The van der Waals surface area contributed by atoms with Crippen molar-refractivity contribution in [1.82, 2.24) is 4.31 Å². The summed E-state index contributed by atoms with van der Waals surface area (Å²) in [6, 6.07) is 3.81. The number of rotatable bonds is 5. The number of benzene rings is 1. The molecule has 0 aliphatic carbocycles. The highest BCUT2D eigenvalue weighted by molar-refractivity contribution is 9.10. The van der Waals surface area contributed by atoms with E-state index in [0.29, 0.717) is 4.47 Å².